The zero-order valence-corrected chi connectivity index (χ0v) is 7.71. The third-order valence-electron chi connectivity index (χ3n) is 1.60. The Hall–Kier alpha value is -2.25. The summed E-state index contributed by atoms with van der Waals surface area (Å²) in [5.74, 6) is -0.546. The summed E-state index contributed by atoms with van der Waals surface area (Å²) < 4.78 is 27.8. The molecule has 0 saturated heterocycles. The average Bonchev–Trinajstić information content (AvgIpc) is 2.19. The highest BCUT2D eigenvalue weighted by atomic mass is 19.3. The summed E-state index contributed by atoms with van der Waals surface area (Å²) in [6, 6.07) is 3.20. The van der Waals surface area contributed by atoms with E-state index in [2.05, 4.69) is 9.89 Å². The summed E-state index contributed by atoms with van der Waals surface area (Å²) >= 11 is 0. The van der Waals surface area contributed by atoms with Crippen molar-refractivity contribution in [1.29, 1.82) is 0 Å². The molecule has 1 rings (SSSR count). The van der Waals surface area contributed by atoms with Crippen LogP contribution in [-0.4, -0.2) is 23.0 Å². The molecular weight excluding hydrogens is 226 g/mol. The van der Waals surface area contributed by atoms with Gasteiger partial charge in [0.1, 0.15) is 0 Å². The molecular formula is C8H6F2N2O4. The maximum atomic E-state index is 11.9. The van der Waals surface area contributed by atoms with Gasteiger partial charge in [-0.15, -0.1) is 0 Å². The van der Waals surface area contributed by atoms with Crippen molar-refractivity contribution in [3.8, 4) is 5.75 Å². The van der Waals surface area contributed by atoms with Gasteiger partial charge in [-0.25, -0.2) is 0 Å². The zero-order valence-electron chi connectivity index (χ0n) is 7.71. The Balaban J connectivity index is 3.14. The SMILES string of the molecule is O=[N+]([O-])c1cc(/C=N/O)ccc1OC(F)F. The number of alkyl halides is 2. The van der Waals surface area contributed by atoms with Crippen LogP contribution in [0.4, 0.5) is 14.5 Å². The maximum absolute atomic E-state index is 11.9. The smallest absolute Gasteiger partial charge is 0.387 e. The Morgan fingerprint density at radius 2 is 2.25 bits per heavy atom. The quantitative estimate of drug-likeness (QED) is 0.372. The van der Waals surface area contributed by atoms with Crippen molar-refractivity contribution in [1.82, 2.24) is 0 Å². The first-order chi connectivity index (χ1) is 7.54. The van der Waals surface area contributed by atoms with E-state index in [-0.39, 0.29) is 5.56 Å². The highest BCUT2D eigenvalue weighted by Crippen LogP contribution is 2.28. The van der Waals surface area contributed by atoms with Crippen molar-refractivity contribution in [2.75, 3.05) is 0 Å². The lowest BCUT2D eigenvalue weighted by Crippen LogP contribution is -2.04. The standard InChI is InChI=1S/C8H6F2N2O4/c9-8(10)16-7-2-1-5(4-11-13)3-6(7)12(14)15/h1-4,8,13H/b11-4+. The largest absolute Gasteiger partial charge is 0.427 e. The van der Waals surface area contributed by atoms with Crippen LogP contribution >= 0.6 is 0 Å². The number of ether oxygens (including phenoxy) is 1. The van der Waals surface area contributed by atoms with E-state index in [9.17, 15) is 18.9 Å². The van der Waals surface area contributed by atoms with Gasteiger partial charge < -0.3 is 9.94 Å². The number of rotatable bonds is 4. The average molecular weight is 232 g/mol. The fourth-order valence-electron chi connectivity index (χ4n) is 1.02. The molecule has 6 nitrogen and oxygen atoms in total. The van der Waals surface area contributed by atoms with Crippen LogP contribution in [0.3, 0.4) is 0 Å². The molecule has 0 amide bonds. The number of oxime groups is 1. The molecule has 0 unspecified atom stereocenters. The molecule has 0 aliphatic rings. The summed E-state index contributed by atoms with van der Waals surface area (Å²) in [6.07, 6.45) is 0.930. The molecule has 0 spiro atoms. The summed E-state index contributed by atoms with van der Waals surface area (Å²) in [4.78, 5) is 9.66. The van der Waals surface area contributed by atoms with Crippen LogP contribution in [0.2, 0.25) is 0 Å². The fraction of sp³-hybridized carbons (Fsp3) is 0.125. The van der Waals surface area contributed by atoms with E-state index in [1.54, 1.807) is 0 Å². The second kappa shape index (κ2) is 5.01. The molecule has 0 fully saturated rings. The van der Waals surface area contributed by atoms with Crippen LogP contribution in [-0.2, 0) is 0 Å². The molecule has 0 bridgehead atoms. The second-order valence-electron chi connectivity index (χ2n) is 2.61. The summed E-state index contributed by atoms with van der Waals surface area (Å²) in [5.41, 5.74) is -0.437. The van der Waals surface area contributed by atoms with Crippen LogP contribution in [0.25, 0.3) is 0 Å². The van der Waals surface area contributed by atoms with Gasteiger partial charge in [-0.05, 0) is 12.1 Å². The molecule has 8 heteroatoms. The van der Waals surface area contributed by atoms with Gasteiger partial charge in [-0.1, -0.05) is 5.16 Å². The molecule has 0 atom stereocenters. The Morgan fingerprint density at radius 3 is 2.75 bits per heavy atom. The van der Waals surface area contributed by atoms with E-state index in [1.165, 1.54) is 6.07 Å². The van der Waals surface area contributed by atoms with E-state index in [1.807, 2.05) is 0 Å². The maximum Gasteiger partial charge on any atom is 0.387 e. The van der Waals surface area contributed by atoms with Gasteiger partial charge in [0.05, 0.1) is 11.1 Å². The summed E-state index contributed by atoms with van der Waals surface area (Å²) in [5, 5.41) is 21.4. The van der Waals surface area contributed by atoms with E-state index in [0.717, 1.165) is 18.3 Å². The second-order valence-corrected chi connectivity index (χ2v) is 2.61. The molecule has 0 aromatic heterocycles. The Kier molecular flexibility index (Phi) is 3.70. The van der Waals surface area contributed by atoms with Crippen molar-refractivity contribution < 1.29 is 23.6 Å². The van der Waals surface area contributed by atoms with Crippen LogP contribution in [0, 0.1) is 10.1 Å². The molecule has 0 radical (unpaired) electrons. The van der Waals surface area contributed by atoms with E-state index >= 15 is 0 Å². The lowest BCUT2D eigenvalue weighted by atomic mass is 10.2. The minimum atomic E-state index is -3.14. The van der Waals surface area contributed by atoms with Crippen LogP contribution in [0.5, 0.6) is 5.75 Å². The van der Waals surface area contributed by atoms with Crippen LogP contribution in [0.15, 0.2) is 23.4 Å². The van der Waals surface area contributed by atoms with Gasteiger partial charge in [0, 0.05) is 11.6 Å². The number of benzene rings is 1. The van der Waals surface area contributed by atoms with Gasteiger partial charge in [0.25, 0.3) is 0 Å². The summed E-state index contributed by atoms with van der Waals surface area (Å²) in [6.45, 7) is -3.14. The lowest BCUT2D eigenvalue weighted by molar-refractivity contribution is -0.386. The Bertz CT molecular complexity index is 422. The van der Waals surface area contributed by atoms with Gasteiger partial charge in [0.2, 0.25) is 5.75 Å². The molecule has 0 aliphatic carbocycles. The van der Waals surface area contributed by atoms with Gasteiger partial charge in [0.15, 0.2) is 0 Å². The number of halogens is 2. The first-order valence-corrected chi connectivity index (χ1v) is 3.95. The minimum absolute atomic E-state index is 0.191. The van der Waals surface area contributed by atoms with Gasteiger partial charge in [-0.3, -0.25) is 10.1 Å². The molecule has 86 valence electrons. The van der Waals surface area contributed by atoms with Crippen molar-refractivity contribution in [3.05, 3.63) is 33.9 Å². The monoisotopic (exact) mass is 232 g/mol. The fourth-order valence-corrected chi connectivity index (χ4v) is 1.02. The van der Waals surface area contributed by atoms with Crippen molar-refractivity contribution in [3.63, 3.8) is 0 Å². The number of nitro groups is 1. The highest BCUT2D eigenvalue weighted by molar-refractivity contribution is 5.81. The molecule has 0 saturated carbocycles. The van der Waals surface area contributed by atoms with E-state index in [4.69, 9.17) is 5.21 Å². The zero-order chi connectivity index (χ0) is 12.1. The minimum Gasteiger partial charge on any atom is -0.427 e. The Morgan fingerprint density at radius 1 is 1.56 bits per heavy atom. The number of hydrogen-bond donors (Lipinski definition) is 1. The molecule has 0 aliphatic heterocycles. The van der Waals surface area contributed by atoms with Crippen LogP contribution < -0.4 is 4.74 Å². The third kappa shape index (κ3) is 2.87. The number of hydrogen-bond acceptors (Lipinski definition) is 5. The molecule has 16 heavy (non-hydrogen) atoms. The van der Waals surface area contributed by atoms with Gasteiger partial charge in [-0.2, -0.15) is 8.78 Å². The predicted octanol–water partition coefficient (Wildman–Crippen LogP) is 2.00. The topological polar surface area (TPSA) is 85.0 Å². The van der Waals surface area contributed by atoms with Gasteiger partial charge >= 0.3 is 12.3 Å². The van der Waals surface area contributed by atoms with E-state index in [0.29, 0.717) is 0 Å². The normalized spacial score (nSPS) is 10.9. The molecule has 0 heterocycles. The van der Waals surface area contributed by atoms with E-state index < -0.39 is 23.0 Å². The van der Waals surface area contributed by atoms with Crippen molar-refractivity contribution in [2.45, 2.75) is 6.61 Å². The number of nitro benzene ring substituents is 1. The predicted molar refractivity (Wildman–Crippen MR) is 49.1 cm³/mol. The number of nitrogens with zero attached hydrogens (tertiary/aromatic N) is 2. The molecule has 1 aromatic carbocycles. The summed E-state index contributed by atoms with van der Waals surface area (Å²) in [7, 11) is 0. The lowest BCUT2D eigenvalue weighted by Gasteiger charge is -2.05. The first kappa shape index (κ1) is 11.8. The van der Waals surface area contributed by atoms with Crippen LogP contribution in [0.1, 0.15) is 5.56 Å². The first-order valence-electron chi connectivity index (χ1n) is 3.95. The van der Waals surface area contributed by atoms with Crippen molar-refractivity contribution >= 4 is 11.9 Å². The third-order valence-corrected chi connectivity index (χ3v) is 1.60. The Labute approximate surface area is 87.9 Å². The highest BCUT2D eigenvalue weighted by Gasteiger charge is 2.18. The molecule has 1 N–H and O–H groups in total. The van der Waals surface area contributed by atoms with Crippen molar-refractivity contribution in [2.24, 2.45) is 5.16 Å². The molecule has 1 aromatic rings.